The molecule has 160 valence electrons. The van der Waals surface area contributed by atoms with Gasteiger partial charge in [0.15, 0.2) is 5.82 Å². The van der Waals surface area contributed by atoms with Gasteiger partial charge in [-0.05, 0) is 88.8 Å². The average molecular weight is 410 g/mol. The summed E-state index contributed by atoms with van der Waals surface area (Å²) >= 11 is 0. The molecule has 0 bridgehead atoms. The smallest absolute Gasteiger partial charge is 0.151 e. The first-order chi connectivity index (χ1) is 14.1. The van der Waals surface area contributed by atoms with Crippen LogP contribution in [0.5, 0.6) is 5.75 Å². The summed E-state index contributed by atoms with van der Waals surface area (Å²) in [6, 6.07) is 7.44. The van der Waals surface area contributed by atoms with E-state index in [0.717, 1.165) is 36.2 Å². The maximum atomic E-state index is 11.0. The van der Waals surface area contributed by atoms with Crippen LogP contribution < -0.4 is 10.2 Å². The fourth-order valence-corrected chi connectivity index (χ4v) is 5.32. The molecule has 1 fully saturated rings. The number of aromatic nitrogens is 2. The Morgan fingerprint density at radius 2 is 1.83 bits per heavy atom. The van der Waals surface area contributed by atoms with E-state index in [-0.39, 0.29) is 22.9 Å². The van der Waals surface area contributed by atoms with Gasteiger partial charge in [-0.2, -0.15) is 4.91 Å². The summed E-state index contributed by atoms with van der Waals surface area (Å²) in [7, 11) is 2.07. The molecule has 0 amide bonds. The SMILES string of the molecule is CN(c1ccc(-c2cc3c(cc2O)C(N=O)CC3)nn1)C1CC(C)(C)NC(C)(C)C1. The number of anilines is 1. The molecule has 30 heavy (non-hydrogen) atoms. The van der Waals surface area contributed by atoms with Gasteiger partial charge in [0.1, 0.15) is 11.8 Å². The van der Waals surface area contributed by atoms with Gasteiger partial charge in [0, 0.05) is 29.7 Å². The van der Waals surface area contributed by atoms with Crippen LogP contribution in [0, 0.1) is 4.91 Å². The van der Waals surface area contributed by atoms with Crippen molar-refractivity contribution in [2.45, 2.75) is 76.5 Å². The van der Waals surface area contributed by atoms with Crippen molar-refractivity contribution in [3.63, 3.8) is 0 Å². The molecule has 0 saturated carbocycles. The lowest BCUT2D eigenvalue weighted by molar-refractivity contribution is 0.160. The maximum Gasteiger partial charge on any atom is 0.151 e. The third-order valence-electron chi connectivity index (χ3n) is 6.44. The number of aryl methyl sites for hydroxylation is 1. The van der Waals surface area contributed by atoms with Crippen molar-refractivity contribution < 1.29 is 5.11 Å². The average Bonchev–Trinajstić information content (AvgIpc) is 3.06. The highest BCUT2D eigenvalue weighted by atomic mass is 16.3. The van der Waals surface area contributed by atoms with Gasteiger partial charge in [-0.3, -0.25) is 0 Å². The number of piperidine rings is 1. The molecule has 7 nitrogen and oxygen atoms in total. The van der Waals surface area contributed by atoms with Gasteiger partial charge in [-0.15, -0.1) is 10.2 Å². The molecular weight excluding hydrogens is 378 g/mol. The van der Waals surface area contributed by atoms with Gasteiger partial charge in [0.2, 0.25) is 0 Å². The summed E-state index contributed by atoms with van der Waals surface area (Å²) in [5, 5.41) is 26.3. The number of nitrogens with one attached hydrogen (secondary N) is 1. The Morgan fingerprint density at radius 1 is 1.13 bits per heavy atom. The predicted molar refractivity (Wildman–Crippen MR) is 119 cm³/mol. The van der Waals surface area contributed by atoms with Crippen LogP contribution in [0.2, 0.25) is 0 Å². The molecule has 2 N–H and O–H groups in total. The molecule has 1 aliphatic carbocycles. The van der Waals surface area contributed by atoms with E-state index in [2.05, 4.69) is 60.3 Å². The first-order valence-corrected chi connectivity index (χ1v) is 10.6. The number of hydrogen-bond donors (Lipinski definition) is 2. The summed E-state index contributed by atoms with van der Waals surface area (Å²) in [4.78, 5) is 13.2. The summed E-state index contributed by atoms with van der Waals surface area (Å²) in [5.74, 6) is 0.935. The number of phenols is 1. The summed E-state index contributed by atoms with van der Waals surface area (Å²) < 4.78 is 0. The first kappa shape index (κ1) is 20.7. The zero-order valence-corrected chi connectivity index (χ0v) is 18.4. The van der Waals surface area contributed by atoms with Crippen molar-refractivity contribution in [1.29, 1.82) is 0 Å². The molecule has 2 aromatic rings. The topological polar surface area (TPSA) is 90.7 Å². The molecule has 1 saturated heterocycles. The Morgan fingerprint density at radius 3 is 2.43 bits per heavy atom. The first-order valence-electron chi connectivity index (χ1n) is 10.6. The maximum absolute atomic E-state index is 11.0. The highest BCUT2D eigenvalue weighted by Gasteiger charge is 2.39. The van der Waals surface area contributed by atoms with E-state index in [4.69, 9.17) is 0 Å². The van der Waals surface area contributed by atoms with E-state index in [9.17, 15) is 10.0 Å². The molecule has 0 radical (unpaired) electrons. The molecule has 2 aliphatic rings. The third-order valence-corrected chi connectivity index (χ3v) is 6.44. The standard InChI is InChI=1S/C23H31N5O2/c1-22(2)12-15(13-23(3,4)27-22)28(5)21-9-8-18(24-25-21)17-10-14-6-7-19(26-30)16(14)11-20(17)29/h8-11,15,19,27,29H,6-7,12-13H2,1-5H3. The Bertz CT molecular complexity index is 939. The van der Waals surface area contributed by atoms with Gasteiger partial charge < -0.3 is 15.3 Å². The lowest BCUT2D eigenvalue weighted by Gasteiger charge is -2.49. The summed E-state index contributed by atoms with van der Waals surface area (Å²) in [6.45, 7) is 8.96. The van der Waals surface area contributed by atoms with E-state index in [1.54, 1.807) is 6.07 Å². The molecule has 7 heteroatoms. The number of fused-ring (bicyclic) bond motifs is 1. The number of rotatable bonds is 4. The molecule has 2 heterocycles. The van der Waals surface area contributed by atoms with Crippen molar-refractivity contribution in [1.82, 2.24) is 15.5 Å². The van der Waals surface area contributed by atoms with Crippen LogP contribution in [-0.4, -0.2) is 39.5 Å². The van der Waals surface area contributed by atoms with Crippen molar-refractivity contribution >= 4 is 5.82 Å². The van der Waals surface area contributed by atoms with Crippen LogP contribution in [0.3, 0.4) is 0 Å². The van der Waals surface area contributed by atoms with Crippen molar-refractivity contribution in [3.8, 4) is 17.0 Å². The molecule has 1 unspecified atom stereocenters. The van der Waals surface area contributed by atoms with Crippen LogP contribution in [0.4, 0.5) is 5.82 Å². The highest BCUT2D eigenvalue weighted by molar-refractivity contribution is 5.69. The van der Waals surface area contributed by atoms with E-state index in [0.29, 0.717) is 23.7 Å². The van der Waals surface area contributed by atoms with Crippen LogP contribution in [0.15, 0.2) is 29.4 Å². The second kappa shape index (κ2) is 7.30. The number of phenolic OH excluding ortho intramolecular Hbond substituents is 1. The predicted octanol–water partition coefficient (Wildman–Crippen LogP) is 4.35. The van der Waals surface area contributed by atoms with E-state index >= 15 is 0 Å². The number of nitrogens with zero attached hydrogens (tertiary/aromatic N) is 4. The van der Waals surface area contributed by atoms with E-state index < -0.39 is 0 Å². The number of aromatic hydroxyl groups is 1. The van der Waals surface area contributed by atoms with Gasteiger partial charge in [-0.25, -0.2) is 0 Å². The van der Waals surface area contributed by atoms with Crippen LogP contribution in [0.25, 0.3) is 11.3 Å². The Kier molecular flexibility index (Phi) is 5.04. The lowest BCUT2D eigenvalue weighted by atomic mass is 9.79. The molecule has 1 aliphatic heterocycles. The van der Waals surface area contributed by atoms with Gasteiger partial charge in [0.25, 0.3) is 0 Å². The zero-order valence-electron chi connectivity index (χ0n) is 18.4. The Labute approximate surface area is 177 Å². The Balaban J connectivity index is 1.57. The largest absolute Gasteiger partial charge is 0.507 e. The quantitative estimate of drug-likeness (QED) is 0.730. The van der Waals surface area contributed by atoms with Gasteiger partial charge >= 0.3 is 0 Å². The van der Waals surface area contributed by atoms with Crippen LogP contribution in [0.1, 0.15) is 64.1 Å². The van der Waals surface area contributed by atoms with Gasteiger partial charge in [0.05, 0.1) is 5.69 Å². The Hall–Kier alpha value is -2.54. The number of nitroso groups, excluding NO2 is 1. The summed E-state index contributed by atoms with van der Waals surface area (Å²) in [5.41, 5.74) is 3.25. The van der Waals surface area contributed by atoms with Crippen LogP contribution in [-0.2, 0) is 6.42 Å². The second-order valence-corrected chi connectivity index (χ2v) is 10.1. The van der Waals surface area contributed by atoms with E-state index in [1.165, 1.54) is 0 Å². The van der Waals surface area contributed by atoms with Crippen molar-refractivity contribution in [2.75, 3.05) is 11.9 Å². The highest BCUT2D eigenvalue weighted by Crippen LogP contribution is 2.40. The minimum atomic E-state index is -0.361. The molecule has 4 rings (SSSR count). The molecular formula is C23H31N5O2. The number of benzene rings is 1. The van der Waals surface area contributed by atoms with E-state index in [1.807, 2.05) is 18.2 Å². The minimum absolute atomic E-state index is 0.0541. The second-order valence-electron chi connectivity index (χ2n) is 10.1. The van der Waals surface area contributed by atoms with Crippen molar-refractivity contribution in [3.05, 3.63) is 40.3 Å². The fraction of sp³-hybridized carbons (Fsp3) is 0.565. The monoisotopic (exact) mass is 409 g/mol. The molecule has 1 atom stereocenters. The lowest BCUT2D eigenvalue weighted by Crippen LogP contribution is -2.62. The zero-order chi connectivity index (χ0) is 21.7. The van der Waals surface area contributed by atoms with Crippen LogP contribution >= 0.6 is 0 Å². The molecule has 1 aromatic carbocycles. The minimum Gasteiger partial charge on any atom is -0.507 e. The third kappa shape index (κ3) is 3.90. The fourth-order valence-electron chi connectivity index (χ4n) is 5.32. The van der Waals surface area contributed by atoms with Crippen molar-refractivity contribution in [2.24, 2.45) is 5.18 Å². The molecule has 1 aromatic heterocycles. The molecule has 0 spiro atoms. The number of hydrogen-bond acceptors (Lipinski definition) is 7. The van der Waals surface area contributed by atoms with Gasteiger partial charge in [-0.1, -0.05) is 5.18 Å². The normalized spacial score (nSPS) is 22.5. The summed E-state index contributed by atoms with van der Waals surface area (Å²) in [6.07, 6.45) is 3.52.